The summed E-state index contributed by atoms with van der Waals surface area (Å²) in [6.45, 7) is 6.87. The Hall–Kier alpha value is -1.42. The molecule has 1 heterocycles. The number of hydrogen-bond donors (Lipinski definition) is 0. The highest BCUT2D eigenvalue weighted by molar-refractivity contribution is 6.80. The average molecular weight is 339 g/mol. The van der Waals surface area contributed by atoms with Crippen LogP contribution >= 0.6 is 0 Å². The molecule has 4 rings (SSSR count). The van der Waals surface area contributed by atoms with Crippen molar-refractivity contribution in [3.8, 4) is 0 Å². The Morgan fingerprint density at radius 1 is 0.958 bits per heavy atom. The minimum atomic E-state index is -1.65. The van der Waals surface area contributed by atoms with E-state index < -0.39 is 9.04 Å². The molecule has 3 atom stereocenters. The van der Waals surface area contributed by atoms with Gasteiger partial charge in [-0.15, -0.1) is 0 Å². The van der Waals surface area contributed by atoms with Gasteiger partial charge in [-0.3, -0.25) is 0 Å². The number of epoxide rings is 1. The van der Waals surface area contributed by atoms with E-state index >= 15 is 0 Å². The Labute approximate surface area is 146 Å². The topological polar surface area (TPSA) is 21.8 Å². The molecule has 1 saturated carbocycles. The number of fused-ring (bicyclic) bond motifs is 1. The van der Waals surface area contributed by atoms with Crippen LogP contribution in [-0.2, 0) is 9.16 Å². The van der Waals surface area contributed by atoms with Gasteiger partial charge in [0.2, 0.25) is 9.04 Å². The molecule has 3 heteroatoms. The molecule has 0 N–H and O–H groups in total. The van der Waals surface area contributed by atoms with Crippen LogP contribution in [0, 0.1) is 5.41 Å². The molecule has 0 aromatic heterocycles. The van der Waals surface area contributed by atoms with Crippen molar-refractivity contribution >= 4 is 19.4 Å². The first-order valence-electron chi connectivity index (χ1n) is 8.93. The third-order valence-corrected chi connectivity index (χ3v) is 8.26. The summed E-state index contributed by atoms with van der Waals surface area (Å²) in [4.78, 5) is 0. The van der Waals surface area contributed by atoms with Crippen LogP contribution in [-0.4, -0.2) is 26.8 Å². The molecule has 24 heavy (non-hydrogen) atoms. The summed E-state index contributed by atoms with van der Waals surface area (Å²) < 4.78 is 12.8. The minimum Gasteiger partial charge on any atom is -0.408 e. The molecule has 2 aromatic carbocycles. The summed E-state index contributed by atoms with van der Waals surface area (Å²) in [6.07, 6.45) is 2.79. The Balaban J connectivity index is 1.56. The number of benzene rings is 2. The second-order valence-electron chi connectivity index (χ2n) is 8.15. The van der Waals surface area contributed by atoms with Crippen LogP contribution < -0.4 is 10.4 Å². The van der Waals surface area contributed by atoms with Crippen LogP contribution in [0.4, 0.5) is 0 Å². The normalized spacial score (nSPS) is 28.8. The van der Waals surface area contributed by atoms with Gasteiger partial charge in [-0.05, 0) is 15.8 Å². The molecule has 2 aliphatic rings. The maximum atomic E-state index is 6.76. The van der Waals surface area contributed by atoms with Crippen LogP contribution in [0.2, 0.25) is 0 Å². The Kier molecular flexibility index (Phi) is 3.90. The van der Waals surface area contributed by atoms with Crippen LogP contribution in [0.15, 0.2) is 60.7 Å². The SMILES string of the molecule is CC(C)(C)[C@]12C[C@H](O[SiH](c3ccccc3)c3ccccc3)C[C@@H]1O2. The van der Waals surface area contributed by atoms with Crippen LogP contribution in [0.3, 0.4) is 0 Å². The fourth-order valence-electron chi connectivity index (χ4n) is 4.17. The highest BCUT2D eigenvalue weighted by Crippen LogP contribution is 2.60. The first-order valence-corrected chi connectivity index (χ1v) is 10.6. The van der Waals surface area contributed by atoms with E-state index in [0.717, 1.165) is 12.8 Å². The Morgan fingerprint density at radius 3 is 1.96 bits per heavy atom. The van der Waals surface area contributed by atoms with E-state index in [-0.39, 0.29) is 11.0 Å². The molecular weight excluding hydrogens is 312 g/mol. The van der Waals surface area contributed by atoms with Crippen molar-refractivity contribution in [1.82, 2.24) is 0 Å². The largest absolute Gasteiger partial charge is 0.408 e. The van der Waals surface area contributed by atoms with E-state index in [1.165, 1.54) is 10.4 Å². The van der Waals surface area contributed by atoms with Gasteiger partial charge < -0.3 is 9.16 Å². The van der Waals surface area contributed by atoms with E-state index in [2.05, 4.69) is 81.4 Å². The molecule has 126 valence electrons. The van der Waals surface area contributed by atoms with Gasteiger partial charge in [-0.25, -0.2) is 0 Å². The molecular formula is C21H26O2Si. The van der Waals surface area contributed by atoms with Gasteiger partial charge in [0.1, 0.15) is 5.60 Å². The lowest BCUT2D eigenvalue weighted by atomic mass is 9.79. The molecule has 2 nitrogen and oxygen atoms in total. The quantitative estimate of drug-likeness (QED) is 0.632. The molecule has 0 radical (unpaired) electrons. The predicted octanol–water partition coefficient (Wildman–Crippen LogP) is 2.89. The van der Waals surface area contributed by atoms with Gasteiger partial charge in [0.05, 0.1) is 12.2 Å². The van der Waals surface area contributed by atoms with Gasteiger partial charge in [-0.1, -0.05) is 81.4 Å². The summed E-state index contributed by atoms with van der Waals surface area (Å²) in [5.74, 6) is 0. The van der Waals surface area contributed by atoms with Crippen molar-refractivity contribution in [3.05, 3.63) is 60.7 Å². The molecule has 1 aliphatic heterocycles. The van der Waals surface area contributed by atoms with E-state index in [9.17, 15) is 0 Å². The second-order valence-corrected chi connectivity index (χ2v) is 10.5. The first kappa shape index (κ1) is 16.1. The summed E-state index contributed by atoms with van der Waals surface area (Å²) in [5.41, 5.74) is 0.232. The lowest BCUT2D eigenvalue weighted by molar-refractivity contribution is 0.0772. The molecule has 2 fully saturated rings. The van der Waals surface area contributed by atoms with E-state index in [1.807, 2.05) is 0 Å². The zero-order chi connectivity index (χ0) is 16.8. The fourth-order valence-corrected chi connectivity index (χ4v) is 6.60. The lowest BCUT2D eigenvalue weighted by Crippen LogP contribution is -2.47. The van der Waals surface area contributed by atoms with Crippen molar-refractivity contribution in [1.29, 1.82) is 0 Å². The maximum Gasteiger partial charge on any atom is 0.240 e. The molecule has 0 amide bonds. The monoisotopic (exact) mass is 338 g/mol. The van der Waals surface area contributed by atoms with Crippen molar-refractivity contribution in [2.24, 2.45) is 5.41 Å². The van der Waals surface area contributed by atoms with Crippen molar-refractivity contribution < 1.29 is 9.16 Å². The Morgan fingerprint density at radius 2 is 1.50 bits per heavy atom. The molecule has 0 bridgehead atoms. The fraction of sp³-hybridized carbons (Fsp3) is 0.429. The predicted molar refractivity (Wildman–Crippen MR) is 100 cm³/mol. The van der Waals surface area contributed by atoms with Gasteiger partial charge in [-0.2, -0.15) is 0 Å². The standard InChI is InChI=1S/C21H26O2Si/c1-20(2,3)21-15-16(14-19(21)22-21)23-24(17-10-6-4-7-11-17)18-12-8-5-9-13-18/h4-13,16,19,24H,14-15H2,1-3H3/t16-,19+,21+/m1/s1. The van der Waals surface area contributed by atoms with E-state index in [4.69, 9.17) is 9.16 Å². The smallest absolute Gasteiger partial charge is 0.240 e. The molecule has 0 unspecified atom stereocenters. The zero-order valence-corrected chi connectivity index (χ0v) is 15.9. The highest BCUT2D eigenvalue weighted by Gasteiger charge is 2.68. The number of rotatable bonds is 4. The van der Waals surface area contributed by atoms with E-state index in [1.54, 1.807) is 0 Å². The molecule has 1 saturated heterocycles. The molecule has 0 spiro atoms. The van der Waals surface area contributed by atoms with E-state index in [0.29, 0.717) is 12.2 Å². The van der Waals surface area contributed by atoms with Gasteiger partial charge in [0, 0.05) is 12.8 Å². The van der Waals surface area contributed by atoms with Crippen molar-refractivity contribution in [2.75, 3.05) is 0 Å². The summed E-state index contributed by atoms with van der Waals surface area (Å²) >= 11 is 0. The summed E-state index contributed by atoms with van der Waals surface area (Å²) in [7, 11) is -1.65. The minimum absolute atomic E-state index is 0.0456. The third kappa shape index (κ3) is 2.75. The van der Waals surface area contributed by atoms with Gasteiger partial charge in [0.25, 0.3) is 0 Å². The van der Waals surface area contributed by atoms with Gasteiger partial charge in [0.15, 0.2) is 0 Å². The van der Waals surface area contributed by atoms with Crippen LogP contribution in [0.25, 0.3) is 0 Å². The number of hydrogen-bond acceptors (Lipinski definition) is 2. The van der Waals surface area contributed by atoms with Crippen LogP contribution in [0.5, 0.6) is 0 Å². The summed E-state index contributed by atoms with van der Waals surface area (Å²) in [5, 5.41) is 2.71. The average Bonchev–Trinajstić information content (AvgIpc) is 3.17. The molecule has 1 aliphatic carbocycles. The zero-order valence-electron chi connectivity index (χ0n) is 14.7. The molecule has 2 aromatic rings. The van der Waals surface area contributed by atoms with Gasteiger partial charge >= 0.3 is 0 Å². The van der Waals surface area contributed by atoms with Crippen molar-refractivity contribution in [3.63, 3.8) is 0 Å². The van der Waals surface area contributed by atoms with Crippen molar-refractivity contribution in [2.45, 2.75) is 51.4 Å². The number of ether oxygens (including phenoxy) is 1. The Bertz CT molecular complexity index is 655. The van der Waals surface area contributed by atoms with Crippen LogP contribution in [0.1, 0.15) is 33.6 Å². The lowest BCUT2D eigenvalue weighted by Gasteiger charge is -2.29. The highest BCUT2D eigenvalue weighted by atomic mass is 28.3. The second kappa shape index (κ2) is 5.83. The maximum absolute atomic E-state index is 6.76. The first-order chi connectivity index (χ1) is 11.5. The summed E-state index contributed by atoms with van der Waals surface area (Å²) in [6, 6.07) is 21.5. The third-order valence-electron chi connectivity index (χ3n) is 5.63.